The van der Waals surface area contributed by atoms with Gasteiger partial charge in [0.25, 0.3) is 0 Å². The summed E-state index contributed by atoms with van der Waals surface area (Å²) in [6.45, 7) is 7.39. The van der Waals surface area contributed by atoms with E-state index in [9.17, 15) is 0 Å². The fourth-order valence-electron chi connectivity index (χ4n) is 1.17. The Hall–Kier alpha value is -1.21. The van der Waals surface area contributed by atoms with Crippen molar-refractivity contribution in [2.45, 2.75) is 6.54 Å². The first-order chi connectivity index (χ1) is 6.31. The molecule has 0 saturated heterocycles. The van der Waals surface area contributed by atoms with Gasteiger partial charge in [0.05, 0.1) is 0 Å². The van der Waals surface area contributed by atoms with E-state index >= 15 is 0 Å². The Labute approximate surface area is 84.2 Å². The first-order valence-corrected chi connectivity index (χ1v) is 4.52. The van der Waals surface area contributed by atoms with Crippen LogP contribution in [0.2, 0.25) is 0 Å². The molecule has 2 rings (SSSR count). The number of hydrogen-bond acceptors (Lipinski definition) is 2. The summed E-state index contributed by atoms with van der Waals surface area (Å²) in [6.07, 6.45) is 0. The number of hydrogen-bond donors (Lipinski definition) is 0. The molecule has 1 aliphatic heterocycles. The van der Waals surface area contributed by atoms with Crippen LogP contribution in [-0.4, -0.2) is 6.79 Å². The highest BCUT2D eigenvalue weighted by atomic mass is 79.9. The van der Waals surface area contributed by atoms with Crippen LogP contribution in [0.4, 0.5) is 0 Å². The van der Waals surface area contributed by atoms with Gasteiger partial charge in [-0.2, -0.15) is 0 Å². The van der Waals surface area contributed by atoms with Crippen molar-refractivity contribution in [3.63, 3.8) is 0 Å². The lowest BCUT2D eigenvalue weighted by Gasteiger charge is -1.99. The number of nitrogens with zero attached hydrogens (tertiary/aromatic N) is 1. The topological polar surface area (TPSA) is 22.8 Å². The van der Waals surface area contributed by atoms with Crippen molar-refractivity contribution in [2.75, 3.05) is 6.79 Å². The molecule has 0 fully saturated rings. The third-order valence-electron chi connectivity index (χ3n) is 1.79. The molecule has 1 aromatic rings. The molecule has 0 saturated carbocycles. The van der Waals surface area contributed by atoms with Crippen molar-refractivity contribution < 1.29 is 9.47 Å². The Bertz CT molecular complexity index is 384. The Morgan fingerprint density at radius 2 is 2.08 bits per heavy atom. The first-order valence-electron chi connectivity index (χ1n) is 3.72. The molecule has 0 aromatic heterocycles. The Morgan fingerprint density at radius 1 is 1.38 bits per heavy atom. The third kappa shape index (κ3) is 1.47. The maximum atomic E-state index is 6.77. The zero-order chi connectivity index (χ0) is 9.26. The Morgan fingerprint density at radius 3 is 2.77 bits per heavy atom. The lowest BCUT2D eigenvalue weighted by Crippen LogP contribution is -1.92. The molecule has 1 aliphatic rings. The molecule has 4 heteroatoms. The molecule has 13 heavy (non-hydrogen) atoms. The van der Waals surface area contributed by atoms with Crippen LogP contribution in [-0.2, 0) is 6.54 Å². The van der Waals surface area contributed by atoms with Crippen LogP contribution < -0.4 is 9.47 Å². The minimum Gasteiger partial charge on any atom is -0.454 e. The van der Waals surface area contributed by atoms with Gasteiger partial charge in [-0.25, -0.2) is 6.57 Å². The normalized spacial score (nSPS) is 12.6. The molecule has 1 heterocycles. The van der Waals surface area contributed by atoms with Crippen LogP contribution >= 0.6 is 15.9 Å². The fourth-order valence-corrected chi connectivity index (χ4v) is 1.61. The van der Waals surface area contributed by atoms with E-state index in [0.717, 1.165) is 21.5 Å². The second-order valence-corrected chi connectivity index (χ2v) is 3.47. The van der Waals surface area contributed by atoms with Gasteiger partial charge in [0.2, 0.25) is 13.3 Å². The van der Waals surface area contributed by atoms with Gasteiger partial charge < -0.3 is 14.3 Å². The summed E-state index contributed by atoms with van der Waals surface area (Å²) in [6, 6.07) is 3.67. The van der Waals surface area contributed by atoms with Gasteiger partial charge in [-0.1, -0.05) is 15.9 Å². The fraction of sp³-hybridized carbons (Fsp3) is 0.222. The molecule has 0 unspecified atom stereocenters. The number of halogens is 1. The summed E-state index contributed by atoms with van der Waals surface area (Å²) < 4.78 is 11.3. The van der Waals surface area contributed by atoms with Gasteiger partial charge in [0, 0.05) is 10.0 Å². The average Bonchev–Trinajstić information content (AvgIpc) is 2.52. The number of ether oxygens (including phenoxy) is 2. The maximum Gasteiger partial charge on any atom is 0.241 e. The Kier molecular flexibility index (Phi) is 2.11. The summed E-state index contributed by atoms with van der Waals surface area (Å²) in [4.78, 5) is 3.32. The second kappa shape index (κ2) is 3.27. The van der Waals surface area contributed by atoms with E-state index in [2.05, 4.69) is 20.8 Å². The number of rotatable bonds is 1. The lowest BCUT2D eigenvalue weighted by atomic mass is 10.2. The zero-order valence-corrected chi connectivity index (χ0v) is 8.30. The molecule has 0 aliphatic carbocycles. The maximum absolute atomic E-state index is 6.77. The summed E-state index contributed by atoms with van der Waals surface area (Å²) in [5, 5.41) is 0. The van der Waals surface area contributed by atoms with E-state index in [0.29, 0.717) is 6.54 Å². The Balaban J connectivity index is 2.44. The molecule has 0 radical (unpaired) electrons. The first kappa shape index (κ1) is 8.39. The predicted octanol–water partition coefficient (Wildman–Crippen LogP) is 2.60. The van der Waals surface area contributed by atoms with Gasteiger partial charge >= 0.3 is 0 Å². The van der Waals surface area contributed by atoms with E-state index < -0.39 is 0 Å². The minimum atomic E-state index is 0.267. The summed E-state index contributed by atoms with van der Waals surface area (Å²) in [7, 11) is 0. The summed E-state index contributed by atoms with van der Waals surface area (Å²) >= 11 is 3.37. The van der Waals surface area contributed by atoms with Crippen LogP contribution in [0.25, 0.3) is 4.85 Å². The molecule has 1 aromatic carbocycles. The SMILES string of the molecule is [C-]#[N+]Cc1cc2c(cc1Br)OCO2. The number of benzene rings is 1. The van der Waals surface area contributed by atoms with Crippen LogP contribution in [0, 0.1) is 6.57 Å². The standard InChI is InChI=1S/C9H6BrNO2/c1-11-4-6-2-8-9(3-7(6)10)13-5-12-8/h2-3H,4-5H2. The van der Waals surface area contributed by atoms with Crippen LogP contribution in [0.1, 0.15) is 5.56 Å². The molecule has 0 amide bonds. The van der Waals surface area contributed by atoms with Crippen molar-refractivity contribution in [3.8, 4) is 11.5 Å². The highest BCUT2D eigenvalue weighted by Gasteiger charge is 2.16. The summed E-state index contributed by atoms with van der Waals surface area (Å²) in [5.74, 6) is 1.46. The van der Waals surface area contributed by atoms with E-state index in [4.69, 9.17) is 16.0 Å². The van der Waals surface area contributed by atoms with E-state index in [1.165, 1.54) is 0 Å². The van der Waals surface area contributed by atoms with Crippen molar-refractivity contribution in [3.05, 3.63) is 33.6 Å². The van der Waals surface area contributed by atoms with Gasteiger partial charge in [-0.3, -0.25) is 0 Å². The third-order valence-corrected chi connectivity index (χ3v) is 2.53. The molecule has 0 spiro atoms. The minimum absolute atomic E-state index is 0.267. The van der Waals surface area contributed by atoms with E-state index in [1.807, 2.05) is 12.1 Å². The van der Waals surface area contributed by atoms with Gasteiger partial charge in [0.15, 0.2) is 11.5 Å². The van der Waals surface area contributed by atoms with Crippen LogP contribution in [0.15, 0.2) is 16.6 Å². The largest absolute Gasteiger partial charge is 0.454 e. The van der Waals surface area contributed by atoms with Crippen LogP contribution in [0.3, 0.4) is 0 Å². The molecule has 0 atom stereocenters. The van der Waals surface area contributed by atoms with Gasteiger partial charge in [-0.05, 0) is 12.1 Å². The zero-order valence-electron chi connectivity index (χ0n) is 6.71. The summed E-state index contributed by atoms with van der Waals surface area (Å²) in [5.41, 5.74) is 0.930. The van der Waals surface area contributed by atoms with Crippen molar-refractivity contribution >= 4 is 15.9 Å². The molecule has 3 nitrogen and oxygen atoms in total. The van der Waals surface area contributed by atoms with Crippen molar-refractivity contribution in [2.24, 2.45) is 0 Å². The molecular formula is C9H6BrNO2. The van der Waals surface area contributed by atoms with Crippen molar-refractivity contribution in [1.29, 1.82) is 0 Å². The highest BCUT2D eigenvalue weighted by Crippen LogP contribution is 2.37. The lowest BCUT2D eigenvalue weighted by molar-refractivity contribution is 0.174. The predicted molar refractivity (Wildman–Crippen MR) is 50.6 cm³/mol. The van der Waals surface area contributed by atoms with E-state index in [-0.39, 0.29) is 6.79 Å². The molecular weight excluding hydrogens is 234 g/mol. The number of fused-ring (bicyclic) bond motifs is 1. The van der Waals surface area contributed by atoms with E-state index in [1.54, 1.807) is 0 Å². The molecule has 0 bridgehead atoms. The molecule has 0 N–H and O–H groups in total. The van der Waals surface area contributed by atoms with Gasteiger partial charge in [0.1, 0.15) is 0 Å². The quantitative estimate of drug-likeness (QED) is 0.704. The van der Waals surface area contributed by atoms with Crippen LogP contribution in [0.5, 0.6) is 11.5 Å². The van der Waals surface area contributed by atoms with Crippen molar-refractivity contribution in [1.82, 2.24) is 0 Å². The monoisotopic (exact) mass is 239 g/mol. The smallest absolute Gasteiger partial charge is 0.241 e. The average molecular weight is 240 g/mol. The molecule has 66 valence electrons. The second-order valence-electron chi connectivity index (χ2n) is 2.61. The van der Waals surface area contributed by atoms with Gasteiger partial charge in [-0.15, -0.1) is 0 Å². The highest BCUT2D eigenvalue weighted by molar-refractivity contribution is 9.10.